The van der Waals surface area contributed by atoms with Gasteiger partial charge in [0.2, 0.25) is 5.91 Å². The topological polar surface area (TPSA) is 91.7 Å². The van der Waals surface area contributed by atoms with Crippen LogP contribution < -0.4 is 5.32 Å². The number of carbonyl (C=O) groups excluding carboxylic acids is 1. The number of imidazole rings is 1. The Morgan fingerprint density at radius 1 is 1.27 bits per heavy atom. The maximum Gasteiger partial charge on any atom is 0.223 e. The predicted octanol–water partition coefficient (Wildman–Crippen LogP) is 2.05. The van der Waals surface area contributed by atoms with Gasteiger partial charge in [0.05, 0.1) is 30.0 Å². The van der Waals surface area contributed by atoms with Crippen LogP contribution in [0.3, 0.4) is 0 Å². The zero-order valence-corrected chi connectivity index (χ0v) is 18.1. The lowest BCUT2D eigenvalue weighted by molar-refractivity contribution is -0.133. The zero-order chi connectivity index (χ0) is 18.9. The van der Waals surface area contributed by atoms with E-state index in [4.69, 9.17) is 0 Å². The molecule has 8 nitrogen and oxygen atoms in total. The molecule has 5 rings (SSSR count). The highest BCUT2D eigenvalue weighted by atomic mass is 35.5. The van der Waals surface area contributed by atoms with Crippen LogP contribution in [0.25, 0.3) is 0 Å². The van der Waals surface area contributed by atoms with Crippen LogP contribution in [-0.4, -0.2) is 48.6 Å². The average Bonchev–Trinajstić information content (AvgIpc) is 3.38. The number of nitrogens with zero attached hydrogens (tertiary/aromatic N) is 5. The number of carbonyl (C=O) groups is 1. The van der Waals surface area contributed by atoms with E-state index in [-0.39, 0.29) is 36.8 Å². The summed E-state index contributed by atoms with van der Waals surface area (Å²) in [4.78, 5) is 27.1. The zero-order valence-electron chi connectivity index (χ0n) is 16.5. The molecule has 160 valence electrons. The normalized spacial score (nSPS) is 17.3. The fourth-order valence-corrected chi connectivity index (χ4v) is 4.17. The Morgan fingerprint density at radius 2 is 2.17 bits per heavy atom. The maximum absolute atomic E-state index is 13.2. The van der Waals surface area contributed by atoms with E-state index < -0.39 is 0 Å². The number of hydrogen-bond donors (Lipinski definition) is 2. The fourth-order valence-electron chi connectivity index (χ4n) is 4.17. The van der Waals surface area contributed by atoms with E-state index in [1.807, 2.05) is 27.9 Å². The van der Waals surface area contributed by atoms with Crippen LogP contribution in [0, 0.1) is 0 Å². The van der Waals surface area contributed by atoms with Crippen molar-refractivity contribution in [3.8, 4) is 0 Å². The lowest BCUT2D eigenvalue weighted by Gasteiger charge is -2.35. The highest BCUT2D eigenvalue weighted by molar-refractivity contribution is 5.85. The molecule has 1 atom stereocenters. The van der Waals surface area contributed by atoms with Crippen LogP contribution in [0.1, 0.15) is 40.8 Å². The van der Waals surface area contributed by atoms with Crippen molar-refractivity contribution in [2.75, 3.05) is 13.1 Å². The number of aromatic nitrogens is 5. The third-order valence-corrected chi connectivity index (χ3v) is 5.56. The summed E-state index contributed by atoms with van der Waals surface area (Å²) in [5.41, 5.74) is 5.21. The minimum Gasteiger partial charge on any atom is -0.348 e. The Bertz CT molecular complexity index is 965. The van der Waals surface area contributed by atoms with Crippen LogP contribution in [0.5, 0.6) is 0 Å². The van der Waals surface area contributed by atoms with Crippen LogP contribution >= 0.6 is 24.8 Å². The Balaban J connectivity index is 0.00000128. The van der Waals surface area contributed by atoms with Crippen molar-refractivity contribution >= 4 is 30.7 Å². The molecule has 2 aliphatic heterocycles. The summed E-state index contributed by atoms with van der Waals surface area (Å²) in [5.74, 6) is 0.131. The summed E-state index contributed by atoms with van der Waals surface area (Å²) < 4.78 is 2.05. The van der Waals surface area contributed by atoms with Gasteiger partial charge in [-0.05, 0) is 17.7 Å². The molecular formula is C20H25Cl2N7O. The lowest BCUT2D eigenvalue weighted by Crippen LogP contribution is -2.40. The second-order valence-electron chi connectivity index (χ2n) is 7.32. The fraction of sp³-hybridized carbons (Fsp3) is 0.400. The van der Waals surface area contributed by atoms with E-state index >= 15 is 0 Å². The molecule has 0 bridgehead atoms. The molecule has 0 aromatic carbocycles. The van der Waals surface area contributed by atoms with Crippen LogP contribution in [0.15, 0.2) is 36.9 Å². The van der Waals surface area contributed by atoms with Gasteiger partial charge in [-0.25, -0.2) is 4.98 Å². The second kappa shape index (κ2) is 9.59. The van der Waals surface area contributed by atoms with Gasteiger partial charge < -0.3 is 15.2 Å². The molecule has 5 heterocycles. The van der Waals surface area contributed by atoms with Crippen LogP contribution in [0.4, 0.5) is 0 Å². The van der Waals surface area contributed by atoms with Crippen LogP contribution in [0.2, 0.25) is 0 Å². The summed E-state index contributed by atoms with van der Waals surface area (Å²) in [7, 11) is 0. The van der Waals surface area contributed by atoms with E-state index in [1.54, 1.807) is 12.5 Å². The Labute approximate surface area is 187 Å². The number of pyridine rings is 1. The molecule has 1 amide bonds. The first-order valence-electron chi connectivity index (χ1n) is 9.77. The van der Waals surface area contributed by atoms with Gasteiger partial charge in [-0.2, -0.15) is 5.10 Å². The second-order valence-corrected chi connectivity index (χ2v) is 7.32. The number of H-pyrrole nitrogens is 1. The van der Waals surface area contributed by atoms with Crippen molar-refractivity contribution in [2.45, 2.75) is 38.4 Å². The number of halogens is 2. The van der Waals surface area contributed by atoms with E-state index in [0.29, 0.717) is 19.4 Å². The molecular weight excluding hydrogens is 425 g/mol. The van der Waals surface area contributed by atoms with Crippen molar-refractivity contribution in [2.24, 2.45) is 0 Å². The minimum atomic E-state index is -0.185. The molecule has 10 heteroatoms. The lowest BCUT2D eigenvalue weighted by atomic mass is 9.96. The number of rotatable bonds is 4. The third kappa shape index (κ3) is 4.21. The first-order chi connectivity index (χ1) is 13.8. The predicted molar refractivity (Wildman–Crippen MR) is 117 cm³/mol. The molecule has 1 unspecified atom stereocenters. The maximum atomic E-state index is 13.2. The van der Waals surface area contributed by atoms with Crippen molar-refractivity contribution in [1.82, 2.24) is 34.9 Å². The standard InChI is InChI=1S/C20H23N7O.2ClH/c28-18(4-3-15-10-16-12-22-7-9-27(16)25-15)26-8-5-17-19(24-13-23-17)20(26)14-2-1-6-21-11-14;;/h1-2,6,10-11,13,20,22H,3-5,7-9,12H2,(H,23,24);2*1H. The number of nitrogens with one attached hydrogen (secondary N) is 2. The molecule has 3 aromatic heterocycles. The van der Waals surface area contributed by atoms with Gasteiger partial charge in [-0.1, -0.05) is 6.07 Å². The van der Waals surface area contributed by atoms with E-state index in [1.165, 1.54) is 5.69 Å². The third-order valence-electron chi connectivity index (χ3n) is 5.56. The van der Waals surface area contributed by atoms with Crippen molar-refractivity contribution in [3.63, 3.8) is 0 Å². The summed E-state index contributed by atoms with van der Waals surface area (Å²) in [6.45, 7) is 3.36. The number of aryl methyl sites for hydroxylation is 1. The minimum absolute atomic E-state index is 0. The Morgan fingerprint density at radius 3 is 2.97 bits per heavy atom. The van der Waals surface area contributed by atoms with Gasteiger partial charge in [0.1, 0.15) is 6.04 Å². The van der Waals surface area contributed by atoms with Crippen molar-refractivity contribution in [3.05, 3.63) is 65.3 Å². The smallest absolute Gasteiger partial charge is 0.223 e. The molecule has 30 heavy (non-hydrogen) atoms. The highest BCUT2D eigenvalue weighted by Crippen LogP contribution is 2.33. The molecule has 2 N–H and O–H groups in total. The molecule has 0 spiro atoms. The van der Waals surface area contributed by atoms with Gasteiger partial charge in [0, 0.05) is 57.0 Å². The monoisotopic (exact) mass is 449 g/mol. The molecule has 2 aliphatic rings. The summed E-state index contributed by atoms with van der Waals surface area (Å²) in [6.07, 6.45) is 7.18. The molecule has 0 saturated heterocycles. The SMILES string of the molecule is Cl.Cl.O=C(CCc1cc2n(n1)CCNC2)N1CCc2[nH]cnc2C1c1cccnc1. The summed E-state index contributed by atoms with van der Waals surface area (Å²) in [6, 6.07) is 5.84. The van der Waals surface area contributed by atoms with Gasteiger partial charge >= 0.3 is 0 Å². The molecule has 0 radical (unpaired) electrons. The van der Waals surface area contributed by atoms with Crippen molar-refractivity contribution in [1.29, 1.82) is 0 Å². The number of hydrogen-bond acceptors (Lipinski definition) is 5. The molecule has 3 aromatic rings. The van der Waals surface area contributed by atoms with E-state index in [0.717, 1.165) is 48.7 Å². The highest BCUT2D eigenvalue weighted by Gasteiger charge is 2.34. The van der Waals surface area contributed by atoms with Gasteiger partial charge in [-0.3, -0.25) is 14.5 Å². The first kappa shape index (κ1) is 22.3. The molecule has 0 fully saturated rings. The number of fused-ring (bicyclic) bond motifs is 2. The molecule has 0 saturated carbocycles. The Kier molecular flexibility index (Phi) is 7.12. The quantitative estimate of drug-likeness (QED) is 0.635. The van der Waals surface area contributed by atoms with Gasteiger partial charge in [-0.15, -0.1) is 24.8 Å². The average molecular weight is 450 g/mol. The van der Waals surface area contributed by atoms with E-state index in [2.05, 4.69) is 31.4 Å². The van der Waals surface area contributed by atoms with Gasteiger partial charge in [0.25, 0.3) is 0 Å². The van der Waals surface area contributed by atoms with Crippen LogP contribution in [-0.2, 0) is 30.7 Å². The van der Waals surface area contributed by atoms with Crippen molar-refractivity contribution < 1.29 is 4.79 Å². The van der Waals surface area contributed by atoms with Gasteiger partial charge in [0.15, 0.2) is 0 Å². The summed E-state index contributed by atoms with van der Waals surface area (Å²) in [5, 5.41) is 8.00. The molecule has 0 aliphatic carbocycles. The largest absolute Gasteiger partial charge is 0.348 e. The van der Waals surface area contributed by atoms with E-state index in [9.17, 15) is 4.79 Å². The number of aromatic amines is 1. The first-order valence-corrected chi connectivity index (χ1v) is 9.77. The summed E-state index contributed by atoms with van der Waals surface area (Å²) >= 11 is 0. The number of amides is 1. The Hall–Kier alpha value is -2.42.